The number of carbonyl (C=O) groups is 2. The van der Waals surface area contributed by atoms with E-state index in [9.17, 15) is 18.4 Å². The molecule has 0 aliphatic heterocycles. The van der Waals surface area contributed by atoms with Crippen LogP contribution in [0.15, 0.2) is 40.9 Å². The Kier molecular flexibility index (Phi) is 5.66. The number of carbonyl (C=O) groups excluding carboxylic acids is 2. The molecule has 2 aromatic carbocycles. The minimum atomic E-state index is -0.905. The Hall–Kier alpha value is -2.28. The number of halogens is 3. The van der Waals surface area contributed by atoms with Crippen LogP contribution in [0.3, 0.4) is 0 Å². The molecule has 0 saturated heterocycles. The largest absolute Gasteiger partial charge is 0.325 e. The Morgan fingerprint density at radius 3 is 2.46 bits per heavy atom. The maximum Gasteiger partial charge on any atom is 0.244 e. The van der Waals surface area contributed by atoms with Gasteiger partial charge in [-0.1, -0.05) is 15.9 Å². The molecule has 0 saturated carbocycles. The standard InChI is InChI=1S/C17H15BrF2N2O2/c1-10-7-13(4-5-14(10)18)21-17(24)9-22(11(2)23)16-6-3-12(19)8-15(16)20/h3-8H,9H2,1-2H3,(H,21,24). The lowest BCUT2D eigenvalue weighted by atomic mass is 10.2. The van der Waals surface area contributed by atoms with Crippen molar-refractivity contribution in [3.05, 3.63) is 58.1 Å². The quantitative estimate of drug-likeness (QED) is 0.847. The number of amides is 2. The van der Waals surface area contributed by atoms with Crippen LogP contribution in [0, 0.1) is 18.6 Å². The summed E-state index contributed by atoms with van der Waals surface area (Å²) in [6.07, 6.45) is 0. The summed E-state index contributed by atoms with van der Waals surface area (Å²) in [5.41, 5.74) is 1.34. The first-order valence-electron chi connectivity index (χ1n) is 7.07. The summed E-state index contributed by atoms with van der Waals surface area (Å²) in [6.45, 7) is 2.70. The maximum atomic E-state index is 13.9. The smallest absolute Gasteiger partial charge is 0.244 e. The Labute approximate surface area is 146 Å². The predicted octanol–water partition coefficient (Wildman–Crippen LogP) is 4.03. The molecule has 0 fully saturated rings. The summed E-state index contributed by atoms with van der Waals surface area (Å²) in [5, 5.41) is 2.65. The van der Waals surface area contributed by atoms with Gasteiger partial charge in [0, 0.05) is 23.2 Å². The Bertz CT molecular complexity index is 796. The molecule has 0 unspecified atom stereocenters. The maximum absolute atomic E-state index is 13.9. The average Bonchev–Trinajstić information content (AvgIpc) is 2.49. The van der Waals surface area contributed by atoms with E-state index in [0.29, 0.717) is 11.8 Å². The van der Waals surface area contributed by atoms with Crippen LogP contribution < -0.4 is 10.2 Å². The molecular weight excluding hydrogens is 382 g/mol. The van der Waals surface area contributed by atoms with Crippen molar-refractivity contribution in [1.82, 2.24) is 0 Å². The van der Waals surface area contributed by atoms with E-state index in [4.69, 9.17) is 0 Å². The van der Waals surface area contributed by atoms with Gasteiger partial charge in [0.25, 0.3) is 0 Å². The molecule has 2 aromatic rings. The first-order valence-corrected chi connectivity index (χ1v) is 7.86. The van der Waals surface area contributed by atoms with Gasteiger partial charge in [-0.2, -0.15) is 0 Å². The molecule has 0 spiro atoms. The third-order valence-corrected chi connectivity index (χ3v) is 4.21. The summed E-state index contributed by atoms with van der Waals surface area (Å²) in [7, 11) is 0. The first-order chi connectivity index (χ1) is 11.3. The first kappa shape index (κ1) is 18.1. The molecule has 2 rings (SSSR count). The zero-order chi connectivity index (χ0) is 17.9. The van der Waals surface area contributed by atoms with Gasteiger partial charge in [-0.05, 0) is 42.8 Å². The van der Waals surface area contributed by atoms with E-state index in [1.165, 1.54) is 6.92 Å². The number of aryl methyl sites for hydroxylation is 1. The summed E-state index contributed by atoms with van der Waals surface area (Å²) < 4.78 is 27.8. The monoisotopic (exact) mass is 396 g/mol. The van der Waals surface area contributed by atoms with Crippen LogP contribution in [-0.4, -0.2) is 18.4 Å². The molecular formula is C17H15BrF2N2O2. The van der Waals surface area contributed by atoms with Crippen molar-refractivity contribution in [3.63, 3.8) is 0 Å². The second kappa shape index (κ2) is 7.53. The molecule has 2 amide bonds. The summed E-state index contributed by atoms with van der Waals surface area (Å²) in [4.78, 5) is 24.9. The highest BCUT2D eigenvalue weighted by Gasteiger charge is 2.19. The van der Waals surface area contributed by atoms with E-state index < -0.39 is 23.4 Å². The number of benzene rings is 2. The summed E-state index contributed by atoms with van der Waals surface area (Å²) >= 11 is 3.36. The second-order valence-corrected chi connectivity index (χ2v) is 6.07. The van der Waals surface area contributed by atoms with Crippen molar-refractivity contribution in [1.29, 1.82) is 0 Å². The van der Waals surface area contributed by atoms with Gasteiger partial charge in [-0.25, -0.2) is 8.78 Å². The number of rotatable bonds is 4. The molecule has 0 atom stereocenters. The molecule has 0 bridgehead atoms. The zero-order valence-electron chi connectivity index (χ0n) is 13.1. The number of nitrogens with one attached hydrogen (secondary N) is 1. The van der Waals surface area contributed by atoms with Crippen molar-refractivity contribution < 1.29 is 18.4 Å². The van der Waals surface area contributed by atoms with E-state index in [2.05, 4.69) is 21.2 Å². The normalized spacial score (nSPS) is 10.4. The predicted molar refractivity (Wildman–Crippen MR) is 91.9 cm³/mol. The second-order valence-electron chi connectivity index (χ2n) is 5.21. The fourth-order valence-corrected chi connectivity index (χ4v) is 2.38. The molecule has 4 nitrogen and oxygen atoms in total. The van der Waals surface area contributed by atoms with Gasteiger partial charge in [0.15, 0.2) is 0 Å². The van der Waals surface area contributed by atoms with Gasteiger partial charge < -0.3 is 10.2 Å². The molecule has 1 N–H and O–H groups in total. The van der Waals surface area contributed by atoms with Gasteiger partial charge in [0.2, 0.25) is 11.8 Å². The van der Waals surface area contributed by atoms with E-state index in [1.54, 1.807) is 18.2 Å². The van der Waals surface area contributed by atoms with Crippen LogP contribution in [0.1, 0.15) is 12.5 Å². The third kappa shape index (κ3) is 4.38. The Morgan fingerprint density at radius 1 is 1.17 bits per heavy atom. The van der Waals surface area contributed by atoms with Crippen molar-refractivity contribution in [3.8, 4) is 0 Å². The van der Waals surface area contributed by atoms with Gasteiger partial charge in [-0.3, -0.25) is 9.59 Å². The average molecular weight is 397 g/mol. The number of hydrogen-bond donors (Lipinski definition) is 1. The van der Waals surface area contributed by atoms with Crippen molar-refractivity contribution in [2.75, 3.05) is 16.8 Å². The molecule has 0 aliphatic rings. The molecule has 0 aliphatic carbocycles. The fourth-order valence-electron chi connectivity index (χ4n) is 2.13. The highest BCUT2D eigenvalue weighted by atomic mass is 79.9. The van der Waals surface area contributed by atoms with Crippen LogP contribution in [0.2, 0.25) is 0 Å². The molecule has 0 aromatic heterocycles. The van der Waals surface area contributed by atoms with Gasteiger partial charge >= 0.3 is 0 Å². The lowest BCUT2D eigenvalue weighted by Gasteiger charge is -2.21. The summed E-state index contributed by atoms with van der Waals surface area (Å²) in [5.74, 6) is -2.68. The topological polar surface area (TPSA) is 49.4 Å². The minimum Gasteiger partial charge on any atom is -0.325 e. The molecule has 0 heterocycles. The van der Waals surface area contributed by atoms with E-state index >= 15 is 0 Å². The van der Waals surface area contributed by atoms with E-state index in [1.807, 2.05) is 6.92 Å². The molecule has 7 heteroatoms. The van der Waals surface area contributed by atoms with Gasteiger partial charge in [0.05, 0.1) is 5.69 Å². The van der Waals surface area contributed by atoms with Crippen LogP contribution >= 0.6 is 15.9 Å². The minimum absolute atomic E-state index is 0.147. The van der Waals surface area contributed by atoms with Gasteiger partial charge in [-0.15, -0.1) is 0 Å². The van der Waals surface area contributed by atoms with Crippen molar-refractivity contribution in [2.24, 2.45) is 0 Å². The lowest BCUT2D eigenvalue weighted by molar-refractivity contribution is -0.120. The SMILES string of the molecule is CC(=O)N(CC(=O)Nc1ccc(Br)c(C)c1)c1ccc(F)cc1F. The van der Waals surface area contributed by atoms with Gasteiger partial charge in [0.1, 0.15) is 18.2 Å². The fraction of sp³-hybridized carbons (Fsp3) is 0.176. The molecule has 24 heavy (non-hydrogen) atoms. The molecule has 126 valence electrons. The summed E-state index contributed by atoms with van der Waals surface area (Å²) in [6, 6.07) is 8.08. The van der Waals surface area contributed by atoms with Crippen LogP contribution in [0.5, 0.6) is 0 Å². The molecule has 0 radical (unpaired) electrons. The lowest BCUT2D eigenvalue weighted by Crippen LogP contribution is -2.37. The van der Waals surface area contributed by atoms with Crippen molar-refractivity contribution in [2.45, 2.75) is 13.8 Å². The highest BCUT2D eigenvalue weighted by Crippen LogP contribution is 2.22. The van der Waals surface area contributed by atoms with Crippen LogP contribution in [0.25, 0.3) is 0 Å². The number of anilines is 2. The van der Waals surface area contributed by atoms with E-state index in [0.717, 1.165) is 27.1 Å². The zero-order valence-corrected chi connectivity index (χ0v) is 14.7. The number of nitrogens with zero attached hydrogens (tertiary/aromatic N) is 1. The van der Waals surface area contributed by atoms with E-state index in [-0.39, 0.29) is 12.2 Å². The Morgan fingerprint density at radius 2 is 1.88 bits per heavy atom. The van der Waals surface area contributed by atoms with Crippen LogP contribution in [0.4, 0.5) is 20.2 Å². The van der Waals surface area contributed by atoms with Crippen molar-refractivity contribution >= 4 is 39.1 Å². The van der Waals surface area contributed by atoms with Crippen LogP contribution in [-0.2, 0) is 9.59 Å². The number of hydrogen-bond acceptors (Lipinski definition) is 2. The Balaban J connectivity index is 2.16. The highest BCUT2D eigenvalue weighted by molar-refractivity contribution is 9.10. The third-order valence-electron chi connectivity index (χ3n) is 3.32.